The van der Waals surface area contributed by atoms with Crippen molar-refractivity contribution in [1.29, 1.82) is 0 Å². The Morgan fingerprint density at radius 2 is 2.22 bits per heavy atom. The molecule has 4 nitrogen and oxygen atoms in total. The summed E-state index contributed by atoms with van der Waals surface area (Å²) in [6.45, 7) is 5.50. The van der Waals surface area contributed by atoms with Gasteiger partial charge in [0.2, 0.25) is 5.95 Å². The van der Waals surface area contributed by atoms with Gasteiger partial charge in [0.05, 0.1) is 0 Å². The van der Waals surface area contributed by atoms with Crippen LogP contribution in [-0.2, 0) is 0 Å². The van der Waals surface area contributed by atoms with Crippen LogP contribution in [0.15, 0.2) is 6.20 Å². The Hall–Kier alpha value is -1.32. The topological polar surface area (TPSA) is 41.1 Å². The Morgan fingerprint density at radius 3 is 2.94 bits per heavy atom. The molecule has 0 aliphatic carbocycles. The lowest BCUT2D eigenvalue weighted by molar-refractivity contribution is 0.551. The summed E-state index contributed by atoms with van der Waals surface area (Å²) in [7, 11) is 1.87. The normalized spacial score (nSPS) is 20.6. The Labute approximate surface area is 110 Å². The fourth-order valence-corrected chi connectivity index (χ4v) is 2.72. The van der Waals surface area contributed by atoms with E-state index in [4.69, 9.17) is 0 Å². The van der Waals surface area contributed by atoms with Crippen LogP contribution in [0.2, 0.25) is 0 Å². The smallest absolute Gasteiger partial charge is 0.224 e. The van der Waals surface area contributed by atoms with Gasteiger partial charge in [0.25, 0.3) is 0 Å². The number of aromatic nitrogens is 2. The molecule has 18 heavy (non-hydrogen) atoms. The molecule has 2 rings (SSSR count). The number of hydrogen-bond donors (Lipinski definition) is 1. The molecule has 1 aliphatic rings. The molecule has 1 N–H and O–H groups in total. The largest absolute Gasteiger partial charge is 0.357 e. The summed E-state index contributed by atoms with van der Waals surface area (Å²) in [5.74, 6) is 1.83. The van der Waals surface area contributed by atoms with Crippen LogP contribution in [0.5, 0.6) is 0 Å². The summed E-state index contributed by atoms with van der Waals surface area (Å²) >= 11 is 0. The first kappa shape index (κ1) is 13.1. The van der Waals surface area contributed by atoms with E-state index in [1.807, 2.05) is 13.2 Å². The lowest BCUT2D eigenvalue weighted by Gasteiger charge is -2.31. The molecule has 1 aromatic heterocycles. The molecule has 1 fully saturated rings. The van der Waals surface area contributed by atoms with Crippen LogP contribution in [-0.4, -0.2) is 29.6 Å². The van der Waals surface area contributed by atoms with Crippen LogP contribution in [0.1, 0.15) is 44.6 Å². The van der Waals surface area contributed by atoms with Gasteiger partial charge >= 0.3 is 0 Å². The predicted molar refractivity (Wildman–Crippen MR) is 76.2 cm³/mol. The molecule has 100 valence electrons. The Bertz CT molecular complexity index is 391. The van der Waals surface area contributed by atoms with E-state index in [2.05, 4.69) is 34.0 Å². The van der Waals surface area contributed by atoms with Gasteiger partial charge in [-0.15, -0.1) is 0 Å². The molecule has 0 bridgehead atoms. The van der Waals surface area contributed by atoms with E-state index in [-0.39, 0.29) is 0 Å². The van der Waals surface area contributed by atoms with Crippen molar-refractivity contribution >= 4 is 11.8 Å². The third-order valence-corrected chi connectivity index (χ3v) is 3.79. The summed E-state index contributed by atoms with van der Waals surface area (Å²) in [5, 5.41) is 3.03. The molecule has 0 radical (unpaired) electrons. The second kappa shape index (κ2) is 6.03. The van der Waals surface area contributed by atoms with Gasteiger partial charge in [0.1, 0.15) is 5.82 Å². The second-order valence-electron chi connectivity index (χ2n) is 5.06. The standard InChI is InChI=1S/C14H24N4/c1-4-12-8-6-5-7-9-18(12)13-11(2)10-16-14(15-3)17-13/h10,12H,4-9H2,1-3H3,(H,15,16,17). The fourth-order valence-electron chi connectivity index (χ4n) is 2.72. The van der Waals surface area contributed by atoms with Gasteiger partial charge in [0.15, 0.2) is 0 Å². The molecule has 1 aromatic rings. The van der Waals surface area contributed by atoms with E-state index in [1.165, 1.54) is 37.7 Å². The van der Waals surface area contributed by atoms with Crippen molar-refractivity contribution in [3.8, 4) is 0 Å². The van der Waals surface area contributed by atoms with Gasteiger partial charge in [-0.1, -0.05) is 19.8 Å². The molecule has 0 saturated carbocycles. The molecular formula is C14H24N4. The van der Waals surface area contributed by atoms with E-state index in [0.29, 0.717) is 6.04 Å². The summed E-state index contributed by atoms with van der Waals surface area (Å²) in [6.07, 6.45) is 8.36. The fraction of sp³-hybridized carbons (Fsp3) is 0.714. The zero-order valence-corrected chi connectivity index (χ0v) is 11.7. The number of nitrogens with one attached hydrogen (secondary N) is 1. The highest BCUT2D eigenvalue weighted by Gasteiger charge is 2.22. The first-order valence-electron chi connectivity index (χ1n) is 7.04. The maximum absolute atomic E-state index is 4.66. The Kier molecular flexibility index (Phi) is 4.39. The highest BCUT2D eigenvalue weighted by Crippen LogP contribution is 2.27. The first-order chi connectivity index (χ1) is 8.76. The third kappa shape index (κ3) is 2.74. The molecule has 1 atom stereocenters. The molecule has 1 unspecified atom stereocenters. The van der Waals surface area contributed by atoms with Gasteiger partial charge in [0, 0.05) is 31.4 Å². The van der Waals surface area contributed by atoms with Crippen molar-refractivity contribution in [1.82, 2.24) is 9.97 Å². The van der Waals surface area contributed by atoms with Gasteiger partial charge in [-0.05, 0) is 26.2 Å². The summed E-state index contributed by atoms with van der Waals surface area (Å²) in [6, 6.07) is 0.630. The molecule has 4 heteroatoms. The second-order valence-corrected chi connectivity index (χ2v) is 5.06. The van der Waals surface area contributed by atoms with Crippen LogP contribution in [0, 0.1) is 6.92 Å². The van der Waals surface area contributed by atoms with Crippen LogP contribution in [0.3, 0.4) is 0 Å². The van der Waals surface area contributed by atoms with Crippen molar-refractivity contribution < 1.29 is 0 Å². The maximum Gasteiger partial charge on any atom is 0.224 e. The van der Waals surface area contributed by atoms with Crippen molar-refractivity contribution in [2.24, 2.45) is 0 Å². The van der Waals surface area contributed by atoms with Crippen molar-refractivity contribution in [2.45, 2.75) is 52.0 Å². The summed E-state index contributed by atoms with van der Waals surface area (Å²) in [4.78, 5) is 11.4. The van der Waals surface area contributed by atoms with Crippen LogP contribution < -0.4 is 10.2 Å². The maximum atomic E-state index is 4.66. The first-order valence-corrected chi connectivity index (χ1v) is 7.04. The zero-order chi connectivity index (χ0) is 13.0. The lowest BCUT2D eigenvalue weighted by atomic mass is 10.1. The predicted octanol–water partition coefficient (Wildman–Crippen LogP) is 2.99. The highest BCUT2D eigenvalue weighted by molar-refractivity contribution is 5.49. The van der Waals surface area contributed by atoms with Gasteiger partial charge < -0.3 is 10.2 Å². The lowest BCUT2D eigenvalue weighted by Crippen LogP contribution is -2.35. The third-order valence-electron chi connectivity index (χ3n) is 3.79. The van der Waals surface area contributed by atoms with E-state index in [9.17, 15) is 0 Å². The molecule has 1 saturated heterocycles. The number of nitrogens with zero attached hydrogens (tertiary/aromatic N) is 3. The van der Waals surface area contributed by atoms with Crippen molar-refractivity contribution in [3.63, 3.8) is 0 Å². The van der Waals surface area contributed by atoms with Crippen molar-refractivity contribution in [2.75, 3.05) is 23.8 Å². The Balaban J connectivity index is 2.31. The minimum Gasteiger partial charge on any atom is -0.357 e. The van der Waals surface area contributed by atoms with Gasteiger partial charge in [-0.25, -0.2) is 4.98 Å². The summed E-state index contributed by atoms with van der Waals surface area (Å²) in [5.41, 5.74) is 1.18. The summed E-state index contributed by atoms with van der Waals surface area (Å²) < 4.78 is 0. The molecule has 0 spiro atoms. The number of aryl methyl sites for hydroxylation is 1. The van der Waals surface area contributed by atoms with Gasteiger partial charge in [-0.2, -0.15) is 4.98 Å². The average molecular weight is 248 g/mol. The van der Waals surface area contributed by atoms with Crippen LogP contribution in [0.4, 0.5) is 11.8 Å². The zero-order valence-electron chi connectivity index (χ0n) is 11.7. The molecule has 2 heterocycles. The van der Waals surface area contributed by atoms with E-state index >= 15 is 0 Å². The van der Waals surface area contributed by atoms with E-state index in [1.54, 1.807) is 0 Å². The average Bonchev–Trinajstić information content (AvgIpc) is 2.64. The minimum absolute atomic E-state index is 0.630. The van der Waals surface area contributed by atoms with Crippen LogP contribution in [0.25, 0.3) is 0 Å². The van der Waals surface area contributed by atoms with E-state index < -0.39 is 0 Å². The monoisotopic (exact) mass is 248 g/mol. The minimum atomic E-state index is 0.630. The highest BCUT2D eigenvalue weighted by atomic mass is 15.2. The van der Waals surface area contributed by atoms with Crippen molar-refractivity contribution in [3.05, 3.63) is 11.8 Å². The van der Waals surface area contributed by atoms with Crippen LogP contribution >= 0.6 is 0 Å². The molecule has 1 aliphatic heterocycles. The Morgan fingerprint density at radius 1 is 1.39 bits per heavy atom. The number of rotatable bonds is 3. The molecular weight excluding hydrogens is 224 g/mol. The van der Waals surface area contributed by atoms with E-state index in [0.717, 1.165) is 18.3 Å². The molecule has 0 aromatic carbocycles. The quantitative estimate of drug-likeness (QED) is 0.893. The molecule has 0 amide bonds. The number of hydrogen-bond acceptors (Lipinski definition) is 4. The van der Waals surface area contributed by atoms with Gasteiger partial charge in [-0.3, -0.25) is 0 Å². The SMILES string of the molecule is CCC1CCCCCN1c1nc(NC)ncc1C. The number of anilines is 2.